The van der Waals surface area contributed by atoms with E-state index in [4.69, 9.17) is 22.3 Å². The summed E-state index contributed by atoms with van der Waals surface area (Å²) in [5.41, 5.74) is 7.53. The molecular formula is C22H29ClN4O. The quantitative estimate of drug-likeness (QED) is 0.761. The first-order chi connectivity index (χ1) is 13.6. The fourth-order valence-electron chi connectivity index (χ4n) is 4.48. The number of hydrogen-bond acceptors (Lipinski definition) is 4. The molecule has 3 N–H and O–H groups in total. The highest BCUT2D eigenvalue weighted by atomic mass is 35.5. The molecule has 2 fully saturated rings. The Bertz CT molecular complexity index is 850. The van der Waals surface area contributed by atoms with Crippen molar-refractivity contribution in [2.75, 3.05) is 23.3 Å². The molecule has 2 heterocycles. The van der Waals surface area contributed by atoms with Crippen LogP contribution in [0.3, 0.4) is 0 Å². The minimum Gasteiger partial charge on any atom is -0.355 e. The zero-order valence-electron chi connectivity index (χ0n) is 16.3. The molecule has 0 bridgehead atoms. The van der Waals surface area contributed by atoms with Crippen molar-refractivity contribution in [3.8, 4) is 0 Å². The van der Waals surface area contributed by atoms with Crippen LogP contribution in [-0.2, 0) is 4.79 Å². The van der Waals surface area contributed by atoms with Gasteiger partial charge in [-0.2, -0.15) is 0 Å². The van der Waals surface area contributed by atoms with Crippen molar-refractivity contribution in [2.24, 2.45) is 11.7 Å². The smallest absolute Gasteiger partial charge is 0.224 e. The number of nitrogens with zero attached hydrogens (tertiary/aromatic N) is 2. The van der Waals surface area contributed by atoms with Crippen LogP contribution in [0.2, 0.25) is 5.02 Å². The lowest BCUT2D eigenvalue weighted by Crippen LogP contribution is -2.26. The van der Waals surface area contributed by atoms with Gasteiger partial charge in [-0.1, -0.05) is 43.7 Å². The lowest BCUT2D eigenvalue weighted by molar-refractivity contribution is -0.116. The predicted molar refractivity (Wildman–Crippen MR) is 116 cm³/mol. The Labute approximate surface area is 171 Å². The van der Waals surface area contributed by atoms with Gasteiger partial charge in [-0.25, -0.2) is 4.98 Å². The van der Waals surface area contributed by atoms with Crippen molar-refractivity contribution in [3.05, 3.63) is 29.3 Å². The number of carbonyl (C=O) groups is 1. The lowest BCUT2D eigenvalue weighted by atomic mass is 9.86. The number of halogens is 1. The minimum atomic E-state index is 0.0366. The average Bonchev–Trinajstić information content (AvgIpc) is 3.15. The molecule has 5 nitrogen and oxygen atoms in total. The van der Waals surface area contributed by atoms with Gasteiger partial charge in [0.05, 0.1) is 16.2 Å². The Balaban J connectivity index is 1.48. The molecule has 1 amide bonds. The van der Waals surface area contributed by atoms with Gasteiger partial charge in [0.2, 0.25) is 5.91 Å². The molecular weight excluding hydrogens is 372 g/mol. The Morgan fingerprint density at radius 3 is 2.75 bits per heavy atom. The number of aromatic nitrogens is 1. The van der Waals surface area contributed by atoms with E-state index in [1.807, 2.05) is 24.3 Å². The van der Waals surface area contributed by atoms with E-state index in [2.05, 4.69) is 10.2 Å². The second-order valence-electron chi connectivity index (χ2n) is 8.24. The number of nitrogens with one attached hydrogen (secondary N) is 1. The van der Waals surface area contributed by atoms with E-state index in [0.717, 1.165) is 42.7 Å². The van der Waals surface area contributed by atoms with Gasteiger partial charge in [-0.3, -0.25) is 4.79 Å². The van der Waals surface area contributed by atoms with Crippen LogP contribution in [0, 0.1) is 5.92 Å². The van der Waals surface area contributed by atoms with Crippen LogP contribution in [-0.4, -0.2) is 30.0 Å². The van der Waals surface area contributed by atoms with Crippen molar-refractivity contribution < 1.29 is 4.79 Å². The third-order valence-electron chi connectivity index (χ3n) is 6.12. The van der Waals surface area contributed by atoms with E-state index in [1.165, 1.54) is 32.1 Å². The van der Waals surface area contributed by atoms with Gasteiger partial charge in [0.15, 0.2) is 0 Å². The molecule has 1 aromatic heterocycles. The maximum absolute atomic E-state index is 12.6. The van der Waals surface area contributed by atoms with E-state index in [1.54, 1.807) is 0 Å². The van der Waals surface area contributed by atoms with E-state index < -0.39 is 0 Å². The molecule has 2 aliphatic rings. The normalized spacial score (nSPS) is 20.6. The number of hydrogen-bond donors (Lipinski definition) is 2. The number of anilines is 2. The second kappa shape index (κ2) is 8.66. The topological polar surface area (TPSA) is 71.2 Å². The number of nitrogens with two attached hydrogens (primary N) is 1. The van der Waals surface area contributed by atoms with Crippen LogP contribution in [0.4, 0.5) is 11.5 Å². The highest BCUT2D eigenvalue weighted by molar-refractivity contribution is 6.35. The molecule has 6 heteroatoms. The summed E-state index contributed by atoms with van der Waals surface area (Å²) < 4.78 is 0. The van der Waals surface area contributed by atoms with Crippen molar-refractivity contribution >= 4 is 39.9 Å². The number of carbonyl (C=O) groups excluding carboxylic acids is 1. The van der Waals surface area contributed by atoms with Crippen LogP contribution in [0.15, 0.2) is 24.3 Å². The molecule has 1 atom stereocenters. The summed E-state index contributed by atoms with van der Waals surface area (Å²) in [5.74, 6) is 1.66. The monoisotopic (exact) mass is 400 g/mol. The molecule has 2 aromatic rings. The predicted octanol–water partition coefficient (Wildman–Crippen LogP) is 4.72. The first kappa shape index (κ1) is 19.5. The third-order valence-corrected chi connectivity index (χ3v) is 6.44. The minimum absolute atomic E-state index is 0.0366. The van der Waals surface area contributed by atoms with Gasteiger partial charge in [-0.15, -0.1) is 0 Å². The molecule has 0 unspecified atom stereocenters. The molecule has 1 aliphatic carbocycles. The van der Waals surface area contributed by atoms with Gasteiger partial charge >= 0.3 is 0 Å². The Kier molecular flexibility index (Phi) is 6.02. The van der Waals surface area contributed by atoms with Gasteiger partial charge in [0, 0.05) is 30.9 Å². The molecule has 150 valence electrons. The fourth-order valence-corrected chi connectivity index (χ4v) is 4.69. The van der Waals surface area contributed by atoms with Crippen molar-refractivity contribution in [2.45, 2.75) is 57.4 Å². The Morgan fingerprint density at radius 1 is 1.18 bits per heavy atom. The van der Waals surface area contributed by atoms with E-state index in [0.29, 0.717) is 23.0 Å². The number of amides is 1. The lowest BCUT2D eigenvalue weighted by Gasteiger charge is -2.21. The van der Waals surface area contributed by atoms with E-state index >= 15 is 0 Å². The molecule has 1 saturated carbocycles. The van der Waals surface area contributed by atoms with Gasteiger partial charge in [0.1, 0.15) is 5.82 Å². The largest absolute Gasteiger partial charge is 0.355 e. The summed E-state index contributed by atoms with van der Waals surface area (Å²) in [5, 5.41) is 4.48. The number of pyridine rings is 1. The zero-order chi connectivity index (χ0) is 19.5. The van der Waals surface area contributed by atoms with E-state index in [9.17, 15) is 4.79 Å². The SMILES string of the molecule is N[C@H]1CCN(c2ccc3c(NC(=O)CCC4CCCCC4)c(Cl)ccc3n2)C1. The summed E-state index contributed by atoms with van der Waals surface area (Å²) in [7, 11) is 0. The summed E-state index contributed by atoms with van der Waals surface area (Å²) in [6, 6.07) is 7.93. The van der Waals surface area contributed by atoms with Gasteiger partial charge in [0.25, 0.3) is 0 Å². The maximum atomic E-state index is 12.6. The van der Waals surface area contributed by atoms with Crippen molar-refractivity contribution in [1.82, 2.24) is 4.98 Å². The fraction of sp³-hybridized carbons (Fsp3) is 0.545. The number of fused-ring (bicyclic) bond motifs is 1. The van der Waals surface area contributed by atoms with Crippen LogP contribution >= 0.6 is 11.6 Å². The molecule has 0 radical (unpaired) electrons. The molecule has 0 spiro atoms. The second-order valence-corrected chi connectivity index (χ2v) is 8.65. The van der Waals surface area contributed by atoms with Crippen molar-refractivity contribution in [1.29, 1.82) is 0 Å². The first-order valence-electron chi connectivity index (χ1n) is 10.5. The summed E-state index contributed by atoms with van der Waals surface area (Å²) >= 11 is 6.41. The zero-order valence-corrected chi connectivity index (χ0v) is 17.0. The molecule has 1 saturated heterocycles. The Morgan fingerprint density at radius 2 is 2.00 bits per heavy atom. The highest BCUT2D eigenvalue weighted by Crippen LogP contribution is 2.33. The van der Waals surface area contributed by atoms with Crippen LogP contribution in [0.25, 0.3) is 10.9 Å². The van der Waals surface area contributed by atoms with Crippen LogP contribution in [0.5, 0.6) is 0 Å². The first-order valence-corrected chi connectivity index (χ1v) is 10.9. The average molecular weight is 401 g/mol. The number of benzene rings is 1. The molecule has 1 aromatic carbocycles. The maximum Gasteiger partial charge on any atom is 0.224 e. The summed E-state index contributed by atoms with van der Waals surface area (Å²) in [6.45, 7) is 1.76. The van der Waals surface area contributed by atoms with Gasteiger partial charge in [-0.05, 0) is 43.0 Å². The molecule has 1 aliphatic heterocycles. The standard InChI is InChI=1S/C22H29ClN4O/c23-18-8-9-19-17(7-10-20(25-19)27-13-12-16(24)14-27)22(18)26-21(28)11-6-15-4-2-1-3-5-15/h7-10,15-16H,1-6,11-14,24H2,(H,26,28)/t16-/m0/s1. The summed E-state index contributed by atoms with van der Waals surface area (Å²) in [4.78, 5) is 19.5. The molecule has 4 rings (SSSR count). The number of rotatable bonds is 5. The van der Waals surface area contributed by atoms with Crippen LogP contribution in [0.1, 0.15) is 51.4 Å². The van der Waals surface area contributed by atoms with Crippen molar-refractivity contribution in [3.63, 3.8) is 0 Å². The third kappa shape index (κ3) is 4.41. The van der Waals surface area contributed by atoms with Gasteiger partial charge < -0.3 is 16.0 Å². The molecule has 28 heavy (non-hydrogen) atoms. The van der Waals surface area contributed by atoms with Crippen LogP contribution < -0.4 is 16.0 Å². The summed E-state index contributed by atoms with van der Waals surface area (Å²) in [6.07, 6.45) is 8.97. The van der Waals surface area contributed by atoms with E-state index in [-0.39, 0.29) is 11.9 Å². The Hall–Kier alpha value is -1.85. The highest BCUT2D eigenvalue weighted by Gasteiger charge is 2.21.